The number of nitrogens with one attached hydrogen (secondary N) is 1. The lowest BCUT2D eigenvalue weighted by molar-refractivity contribution is -0.143. The molecule has 0 radical (unpaired) electrons. The second-order valence-corrected chi connectivity index (χ2v) is 6.74. The molecule has 3 rings (SSSR count). The summed E-state index contributed by atoms with van der Waals surface area (Å²) in [5.74, 6) is -1.30. The molecule has 1 saturated heterocycles. The first-order valence-corrected chi connectivity index (χ1v) is 9.12. The van der Waals surface area contributed by atoms with Crippen LogP contribution in [0.15, 0.2) is 36.5 Å². The second-order valence-electron chi connectivity index (χ2n) is 6.74. The molecule has 0 amide bonds. The Morgan fingerprint density at radius 3 is 2.64 bits per heavy atom. The van der Waals surface area contributed by atoms with Crippen LogP contribution in [0, 0.1) is 18.2 Å². The van der Waals surface area contributed by atoms with E-state index in [1.165, 1.54) is 0 Å². The fourth-order valence-corrected chi connectivity index (χ4v) is 3.22. The van der Waals surface area contributed by atoms with E-state index in [1.807, 2.05) is 24.0 Å². The highest BCUT2D eigenvalue weighted by atomic mass is 19.1. The lowest BCUT2D eigenvalue weighted by Gasteiger charge is -2.37. The summed E-state index contributed by atoms with van der Waals surface area (Å²) in [7, 11) is 0. The highest BCUT2D eigenvalue weighted by molar-refractivity contribution is 5.94. The number of benzene rings is 1. The summed E-state index contributed by atoms with van der Waals surface area (Å²) in [4.78, 5) is 20.0. The molecule has 1 aliphatic rings. The van der Waals surface area contributed by atoms with Gasteiger partial charge in [0.05, 0.1) is 5.69 Å². The van der Waals surface area contributed by atoms with Gasteiger partial charge in [-0.3, -0.25) is 15.2 Å². The van der Waals surface area contributed by atoms with Gasteiger partial charge in [0.2, 0.25) is 0 Å². The van der Waals surface area contributed by atoms with Crippen molar-refractivity contribution < 1.29 is 13.9 Å². The molecule has 0 unspecified atom stereocenters. The molecule has 0 spiro atoms. The summed E-state index contributed by atoms with van der Waals surface area (Å²) < 4.78 is 19.9. The second kappa shape index (κ2) is 8.69. The van der Waals surface area contributed by atoms with E-state index in [2.05, 4.69) is 9.88 Å². The third kappa shape index (κ3) is 4.76. The van der Waals surface area contributed by atoms with Gasteiger partial charge in [-0.05, 0) is 25.1 Å². The number of piperazine rings is 1. The van der Waals surface area contributed by atoms with Gasteiger partial charge in [-0.15, -0.1) is 0 Å². The first-order valence-electron chi connectivity index (χ1n) is 9.12. The Hall–Kier alpha value is -3.16. The molecule has 148 valence electrons. The molecule has 1 fully saturated rings. The van der Waals surface area contributed by atoms with Crippen LogP contribution in [0.4, 0.5) is 15.8 Å². The Morgan fingerprint density at radius 2 is 1.96 bits per heavy atom. The van der Waals surface area contributed by atoms with E-state index in [-0.39, 0.29) is 24.7 Å². The Labute approximate surface area is 163 Å². The van der Waals surface area contributed by atoms with Crippen molar-refractivity contribution in [1.82, 2.24) is 4.98 Å². The number of esters is 1. The topological polar surface area (TPSA) is 95.5 Å². The number of rotatable bonds is 6. The number of anilines is 2. The van der Waals surface area contributed by atoms with Gasteiger partial charge >= 0.3 is 5.97 Å². The maximum absolute atomic E-state index is 14.9. The van der Waals surface area contributed by atoms with Crippen molar-refractivity contribution in [2.75, 3.05) is 36.0 Å². The average Bonchev–Trinajstić information content (AvgIpc) is 2.67. The van der Waals surface area contributed by atoms with Crippen molar-refractivity contribution in [2.45, 2.75) is 20.0 Å². The van der Waals surface area contributed by atoms with Crippen molar-refractivity contribution >= 4 is 23.2 Å². The fraction of sp³-hybridized carbons (Fsp3) is 0.350. The minimum absolute atomic E-state index is 0.179. The molecule has 0 aliphatic carbocycles. The van der Waals surface area contributed by atoms with Crippen molar-refractivity contribution in [2.24, 2.45) is 5.73 Å². The number of ether oxygens (including phenoxy) is 1. The summed E-state index contributed by atoms with van der Waals surface area (Å²) in [6.07, 6.45) is 1.51. The fourth-order valence-electron chi connectivity index (χ4n) is 3.22. The maximum Gasteiger partial charge on any atom is 0.313 e. The van der Waals surface area contributed by atoms with E-state index < -0.39 is 5.97 Å². The maximum atomic E-state index is 14.9. The van der Waals surface area contributed by atoms with Gasteiger partial charge in [0, 0.05) is 49.3 Å². The van der Waals surface area contributed by atoms with E-state index in [0.717, 1.165) is 24.5 Å². The number of nitrogens with two attached hydrogens (primary N) is 1. The van der Waals surface area contributed by atoms with Gasteiger partial charge in [0.1, 0.15) is 18.9 Å². The van der Waals surface area contributed by atoms with Gasteiger partial charge in [-0.25, -0.2) is 4.39 Å². The van der Waals surface area contributed by atoms with Gasteiger partial charge in [-0.1, -0.05) is 12.1 Å². The van der Waals surface area contributed by atoms with Crippen molar-refractivity contribution in [3.8, 4) is 0 Å². The van der Waals surface area contributed by atoms with Crippen molar-refractivity contribution in [3.63, 3.8) is 0 Å². The van der Waals surface area contributed by atoms with Crippen LogP contribution in [0.5, 0.6) is 0 Å². The number of carbonyl (C=O) groups excluding carboxylic acids is 1. The monoisotopic (exact) mass is 385 g/mol. The molecule has 1 aliphatic heterocycles. The van der Waals surface area contributed by atoms with Crippen LogP contribution in [0.1, 0.15) is 17.7 Å². The quantitative estimate of drug-likeness (QED) is 0.450. The minimum atomic E-state index is -0.640. The summed E-state index contributed by atoms with van der Waals surface area (Å²) in [6, 6.07) is 9.12. The Morgan fingerprint density at radius 1 is 1.25 bits per heavy atom. The lowest BCUT2D eigenvalue weighted by atomic mass is 10.1. The number of hydrogen-bond donors (Lipinski definition) is 2. The summed E-state index contributed by atoms with van der Waals surface area (Å²) in [5.41, 5.74) is 8.08. The molecule has 0 bridgehead atoms. The van der Waals surface area contributed by atoms with Crippen LogP contribution < -0.4 is 15.5 Å². The SMILES string of the molecule is Cc1cc(N2CCN(c3cccc(COC(=O)CC(=N)N)c3F)CC2)ccn1. The summed E-state index contributed by atoms with van der Waals surface area (Å²) in [6.45, 7) is 4.71. The number of pyridine rings is 1. The van der Waals surface area contributed by atoms with Crippen molar-refractivity contribution in [1.29, 1.82) is 5.41 Å². The van der Waals surface area contributed by atoms with Crippen LogP contribution >= 0.6 is 0 Å². The van der Waals surface area contributed by atoms with Crippen LogP contribution in [0.25, 0.3) is 0 Å². The summed E-state index contributed by atoms with van der Waals surface area (Å²) in [5, 5.41) is 7.10. The number of carbonyl (C=O) groups is 1. The molecule has 28 heavy (non-hydrogen) atoms. The first kappa shape index (κ1) is 19.6. The minimum Gasteiger partial charge on any atom is -0.460 e. The number of amidine groups is 1. The molecule has 1 aromatic carbocycles. The number of nitrogens with zero attached hydrogens (tertiary/aromatic N) is 3. The molecule has 7 nitrogen and oxygen atoms in total. The van der Waals surface area contributed by atoms with Gasteiger partial charge < -0.3 is 20.3 Å². The van der Waals surface area contributed by atoms with Crippen LogP contribution in [0.3, 0.4) is 0 Å². The molecule has 0 atom stereocenters. The van der Waals surface area contributed by atoms with Gasteiger partial charge in [0.15, 0.2) is 5.82 Å². The third-order valence-electron chi connectivity index (χ3n) is 4.65. The molecular weight excluding hydrogens is 361 g/mol. The smallest absolute Gasteiger partial charge is 0.313 e. The number of halogens is 1. The van der Waals surface area contributed by atoms with E-state index in [4.69, 9.17) is 15.9 Å². The highest BCUT2D eigenvalue weighted by Crippen LogP contribution is 2.25. The van der Waals surface area contributed by atoms with Crippen LogP contribution in [-0.4, -0.2) is 43.0 Å². The zero-order valence-corrected chi connectivity index (χ0v) is 15.8. The number of aryl methyl sites for hydroxylation is 1. The molecule has 1 aromatic heterocycles. The molecule has 8 heteroatoms. The Balaban J connectivity index is 1.63. The van der Waals surface area contributed by atoms with E-state index in [9.17, 15) is 9.18 Å². The predicted molar refractivity (Wildman–Crippen MR) is 106 cm³/mol. The Bertz CT molecular complexity index is 865. The van der Waals surface area contributed by atoms with Gasteiger partial charge in [0.25, 0.3) is 0 Å². The normalized spacial score (nSPS) is 14.1. The zero-order valence-electron chi connectivity index (χ0n) is 15.8. The van der Waals surface area contributed by atoms with E-state index >= 15 is 0 Å². The molecule has 2 heterocycles. The first-order chi connectivity index (χ1) is 13.4. The average molecular weight is 385 g/mol. The molecule has 0 saturated carbocycles. The van der Waals surface area contributed by atoms with Crippen LogP contribution in [0.2, 0.25) is 0 Å². The number of hydrogen-bond acceptors (Lipinski definition) is 6. The Kier molecular flexibility index (Phi) is 6.08. The largest absolute Gasteiger partial charge is 0.460 e. The predicted octanol–water partition coefficient (Wildman–Crippen LogP) is 2.22. The molecule has 3 N–H and O–H groups in total. The van der Waals surface area contributed by atoms with Gasteiger partial charge in [-0.2, -0.15) is 0 Å². The van der Waals surface area contributed by atoms with E-state index in [1.54, 1.807) is 24.4 Å². The third-order valence-corrected chi connectivity index (χ3v) is 4.65. The molecular formula is C20H24FN5O2. The van der Waals surface area contributed by atoms with Crippen molar-refractivity contribution in [3.05, 3.63) is 53.6 Å². The van der Waals surface area contributed by atoms with E-state index in [0.29, 0.717) is 24.3 Å². The highest BCUT2D eigenvalue weighted by Gasteiger charge is 2.21. The summed E-state index contributed by atoms with van der Waals surface area (Å²) >= 11 is 0. The lowest BCUT2D eigenvalue weighted by Crippen LogP contribution is -2.47. The standard InChI is InChI=1S/C20H24FN5O2/c1-14-11-16(5-6-24-14)25-7-9-26(10-8-25)17-4-2-3-15(20(17)21)13-28-19(27)12-18(22)23/h2-6,11H,7-10,12-13H2,1H3,(H3,22,23). The van der Waals surface area contributed by atoms with Crippen LogP contribution in [-0.2, 0) is 16.1 Å². The molecule has 2 aromatic rings. The number of aromatic nitrogens is 1. The zero-order chi connectivity index (χ0) is 20.1.